The summed E-state index contributed by atoms with van der Waals surface area (Å²) in [6.45, 7) is 0.546. The van der Waals surface area contributed by atoms with Crippen LogP contribution < -0.4 is 11.1 Å². The summed E-state index contributed by atoms with van der Waals surface area (Å²) in [7, 11) is 0. The van der Waals surface area contributed by atoms with Gasteiger partial charge >= 0.3 is 0 Å². The van der Waals surface area contributed by atoms with Crippen LogP contribution >= 0.6 is 22.9 Å². The number of benzene rings is 1. The first kappa shape index (κ1) is 14.1. The minimum Gasteiger partial charge on any atom is -0.351 e. The van der Waals surface area contributed by atoms with E-state index in [0.717, 1.165) is 5.56 Å². The van der Waals surface area contributed by atoms with Crippen molar-refractivity contribution in [2.24, 2.45) is 5.73 Å². The third kappa shape index (κ3) is 4.06. The molecule has 5 heteroatoms. The van der Waals surface area contributed by atoms with Crippen LogP contribution in [0.3, 0.4) is 0 Å². The maximum Gasteiger partial charge on any atom is 0.261 e. The van der Waals surface area contributed by atoms with Crippen LogP contribution in [0.5, 0.6) is 0 Å². The Morgan fingerprint density at radius 1 is 1.26 bits per heavy atom. The number of halogens is 1. The van der Waals surface area contributed by atoms with Crippen LogP contribution in [0, 0.1) is 0 Å². The molecule has 1 aromatic carbocycles. The van der Waals surface area contributed by atoms with Gasteiger partial charge in [0.15, 0.2) is 0 Å². The number of carbonyl (C=O) groups is 1. The van der Waals surface area contributed by atoms with Gasteiger partial charge in [-0.05, 0) is 24.1 Å². The fourth-order valence-corrected chi connectivity index (χ4v) is 2.69. The zero-order valence-corrected chi connectivity index (χ0v) is 11.9. The van der Waals surface area contributed by atoms with Gasteiger partial charge in [-0.25, -0.2) is 0 Å². The topological polar surface area (TPSA) is 55.1 Å². The molecule has 3 nitrogen and oxygen atoms in total. The highest BCUT2D eigenvalue weighted by Crippen LogP contribution is 2.21. The van der Waals surface area contributed by atoms with E-state index in [1.54, 1.807) is 12.1 Å². The maximum absolute atomic E-state index is 11.8. The van der Waals surface area contributed by atoms with E-state index in [2.05, 4.69) is 5.32 Å². The molecule has 0 saturated carbocycles. The second kappa shape index (κ2) is 6.70. The normalized spacial score (nSPS) is 12.1. The summed E-state index contributed by atoms with van der Waals surface area (Å²) >= 11 is 7.06. The average molecular weight is 295 g/mol. The van der Waals surface area contributed by atoms with E-state index >= 15 is 0 Å². The minimum atomic E-state index is -0.0999. The van der Waals surface area contributed by atoms with Gasteiger partial charge in [0.2, 0.25) is 0 Å². The van der Waals surface area contributed by atoms with E-state index in [1.165, 1.54) is 11.3 Å². The van der Waals surface area contributed by atoms with Crippen LogP contribution in [0.4, 0.5) is 0 Å². The zero-order chi connectivity index (χ0) is 13.7. The summed E-state index contributed by atoms with van der Waals surface area (Å²) < 4.78 is 0.617. The molecule has 1 heterocycles. The molecule has 100 valence electrons. The number of hydrogen-bond acceptors (Lipinski definition) is 3. The molecule has 3 N–H and O–H groups in total. The van der Waals surface area contributed by atoms with Crippen molar-refractivity contribution in [2.75, 3.05) is 6.54 Å². The van der Waals surface area contributed by atoms with Crippen molar-refractivity contribution in [3.05, 3.63) is 57.2 Å². The van der Waals surface area contributed by atoms with Crippen molar-refractivity contribution in [1.29, 1.82) is 0 Å². The molecule has 19 heavy (non-hydrogen) atoms. The lowest BCUT2D eigenvalue weighted by Gasteiger charge is -2.12. The van der Waals surface area contributed by atoms with Gasteiger partial charge in [0.25, 0.3) is 5.91 Å². The third-order valence-corrected chi connectivity index (χ3v) is 4.00. The number of hydrogen-bond donors (Lipinski definition) is 2. The summed E-state index contributed by atoms with van der Waals surface area (Å²) in [6, 6.07) is 13.2. The summed E-state index contributed by atoms with van der Waals surface area (Å²) in [6.07, 6.45) is 0.703. The van der Waals surface area contributed by atoms with Crippen molar-refractivity contribution in [2.45, 2.75) is 12.5 Å². The summed E-state index contributed by atoms with van der Waals surface area (Å²) in [5, 5.41) is 2.85. The average Bonchev–Trinajstić information content (AvgIpc) is 2.86. The van der Waals surface area contributed by atoms with Crippen molar-refractivity contribution in [3.8, 4) is 0 Å². The predicted octanol–water partition coefficient (Wildman–Crippen LogP) is 3.22. The molecule has 0 radical (unpaired) electrons. The Morgan fingerprint density at radius 3 is 2.63 bits per heavy atom. The van der Waals surface area contributed by atoms with Gasteiger partial charge in [0.1, 0.15) is 0 Å². The lowest BCUT2D eigenvalue weighted by atomic mass is 10.1. The highest BCUT2D eigenvalue weighted by molar-refractivity contribution is 7.17. The third-order valence-electron chi connectivity index (χ3n) is 2.77. The molecule has 0 aliphatic rings. The summed E-state index contributed by atoms with van der Waals surface area (Å²) in [4.78, 5) is 12.4. The first-order chi connectivity index (χ1) is 9.16. The van der Waals surface area contributed by atoms with E-state index < -0.39 is 0 Å². The van der Waals surface area contributed by atoms with Crippen molar-refractivity contribution in [1.82, 2.24) is 5.32 Å². The van der Waals surface area contributed by atoms with Crippen molar-refractivity contribution >= 4 is 28.8 Å². The van der Waals surface area contributed by atoms with Crippen molar-refractivity contribution < 1.29 is 4.79 Å². The number of nitrogens with two attached hydrogens (primary N) is 1. The number of nitrogens with one attached hydrogen (secondary N) is 1. The molecule has 0 bridgehead atoms. The van der Waals surface area contributed by atoms with Crippen LogP contribution in [0.1, 0.15) is 27.7 Å². The van der Waals surface area contributed by atoms with E-state index in [4.69, 9.17) is 17.3 Å². The molecule has 2 aromatic rings. The smallest absolute Gasteiger partial charge is 0.261 e. The molecule has 2 rings (SSSR count). The Bertz CT molecular complexity index is 541. The van der Waals surface area contributed by atoms with E-state index in [9.17, 15) is 4.79 Å². The number of thiophene rings is 1. The second-order valence-electron chi connectivity index (χ2n) is 4.17. The van der Waals surface area contributed by atoms with Gasteiger partial charge in [0.05, 0.1) is 9.21 Å². The van der Waals surface area contributed by atoms with Gasteiger partial charge in [0, 0.05) is 12.6 Å². The summed E-state index contributed by atoms with van der Waals surface area (Å²) in [5.74, 6) is -0.0999. The number of rotatable bonds is 5. The predicted molar refractivity (Wildman–Crippen MR) is 79.6 cm³/mol. The first-order valence-electron chi connectivity index (χ1n) is 6.01. The van der Waals surface area contributed by atoms with Crippen LogP contribution in [0.15, 0.2) is 42.5 Å². The quantitative estimate of drug-likeness (QED) is 0.889. The molecule has 0 aliphatic carbocycles. The monoisotopic (exact) mass is 294 g/mol. The lowest BCUT2D eigenvalue weighted by molar-refractivity contribution is 0.0956. The largest absolute Gasteiger partial charge is 0.351 e. The molecule has 0 saturated heterocycles. The Hall–Kier alpha value is -1.36. The Balaban J connectivity index is 1.79. The highest BCUT2D eigenvalue weighted by atomic mass is 35.5. The van der Waals surface area contributed by atoms with Gasteiger partial charge in [-0.3, -0.25) is 4.79 Å². The van der Waals surface area contributed by atoms with Gasteiger partial charge in [-0.15, -0.1) is 11.3 Å². The Labute approximate surface area is 121 Å². The van der Waals surface area contributed by atoms with Crippen molar-refractivity contribution in [3.63, 3.8) is 0 Å². The highest BCUT2D eigenvalue weighted by Gasteiger charge is 2.09. The number of carbonyl (C=O) groups excluding carboxylic acids is 1. The fraction of sp³-hybridized carbons (Fsp3) is 0.214. The number of amides is 1. The summed E-state index contributed by atoms with van der Waals surface area (Å²) in [5.41, 5.74) is 7.13. The van der Waals surface area contributed by atoms with E-state index in [1.807, 2.05) is 30.3 Å². The molecule has 0 fully saturated rings. The Morgan fingerprint density at radius 2 is 2.00 bits per heavy atom. The molecule has 1 atom stereocenters. The standard InChI is InChI=1S/C14H15ClN2OS/c15-13-7-6-12(19-13)14(18)17-9-8-11(16)10-4-2-1-3-5-10/h1-7,11H,8-9,16H2,(H,17,18). The first-order valence-corrected chi connectivity index (χ1v) is 7.20. The molecular formula is C14H15ClN2OS. The van der Waals surface area contributed by atoms with Gasteiger partial charge < -0.3 is 11.1 Å². The van der Waals surface area contributed by atoms with Gasteiger partial charge in [-0.1, -0.05) is 41.9 Å². The van der Waals surface area contributed by atoms with Gasteiger partial charge in [-0.2, -0.15) is 0 Å². The molecule has 1 aromatic heterocycles. The SMILES string of the molecule is NC(CCNC(=O)c1ccc(Cl)s1)c1ccccc1. The minimum absolute atomic E-state index is 0.0616. The second-order valence-corrected chi connectivity index (χ2v) is 5.88. The molecular weight excluding hydrogens is 280 g/mol. The van der Waals surface area contributed by atoms with Crippen LogP contribution in [0.25, 0.3) is 0 Å². The molecule has 1 amide bonds. The molecule has 0 aliphatic heterocycles. The van der Waals surface area contributed by atoms with Crippen LogP contribution in [0.2, 0.25) is 4.34 Å². The van der Waals surface area contributed by atoms with E-state index in [-0.39, 0.29) is 11.9 Å². The Kier molecular flexibility index (Phi) is 4.96. The fourth-order valence-electron chi connectivity index (χ4n) is 1.73. The molecule has 0 spiro atoms. The van der Waals surface area contributed by atoms with Crippen LogP contribution in [-0.4, -0.2) is 12.5 Å². The molecule has 1 unspecified atom stereocenters. The van der Waals surface area contributed by atoms with Crippen LogP contribution in [-0.2, 0) is 0 Å². The van der Waals surface area contributed by atoms with E-state index in [0.29, 0.717) is 22.2 Å². The lowest BCUT2D eigenvalue weighted by Crippen LogP contribution is -2.26. The maximum atomic E-state index is 11.8. The zero-order valence-electron chi connectivity index (χ0n) is 10.3.